The van der Waals surface area contributed by atoms with Gasteiger partial charge in [0.2, 0.25) is 0 Å². The largest absolute Gasteiger partial charge is 0.348 e. The molecule has 1 saturated heterocycles. The smallest absolute Gasteiger partial charge is 0.255 e. The van der Waals surface area contributed by atoms with Crippen LogP contribution in [0.3, 0.4) is 0 Å². The van der Waals surface area contributed by atoms with Gasteiger partial charge in [0, 0.05) is 26.3 Å². The van der Waals surface area contributed by atoms with Gasteiger partial charge in [0.05, 0.1) is 11.3 Å². The lowest BCUT2D eigenvalue weighted by atomic mass is 9.91. The molecule has 1 amide bonds. The third-order valence-corrected chi connectivity index (χ3v) is 6.32. The molecule has 1 fully saturated rings. The van der Waals surface area contributed by atoms with Crippen LogP contribution in [-0.2, 0) is 20.0 Å². The summed E-state index contributed by atoms with van der Waals surface area (Å²) in [6.45, 7) is 5.94. The molecule has 0 saturated carbocycles. The van der Waals surface area contributed by atoms with Crippen molar-refractivity contribution in [2.45, 2.75) is 32.7 Å². The molecule has 172 valence electrons. The van der Waals surface area contributed by atoms with Crippen molar-refractivity contribution in [1.29, 1.82) is 0 Å². The molecule has 0 radical (unpaired) electrons. The molecule has 0 aliphatic carbocycles. The van der Waals surface area contributed by atoms with Crippen molar-refractivity contribution >= 4 is 12.0 Å². The first-order chi connectivity index (χ1) is 16.1. The van der Waals surface area contributed by atoms with Gasteiger partial charge in [-0.1, -0.05) is 72.3 Å². The molecule has 5 heteroatoms. The van der Waals surface area contributed by atoms with E-state index in [9.17, 15) is 4.79 Å². The van der Waals surface area contributed by atoms with Crippen molar-refractivity contribution in [3.05, 3.63) is 94.8 Å². The standard InChI is InChI=1S/C28H34N4O/c1-22(17-23-9-5-3-6-10-23)20-32-15-13-24(14-16-32)18-27-26(21-31(2)30-27)28(33)29-19-25-11-7-4-8-12-25/h3-12,17,21,24H,13-16,18-20H2,1-2H3,(H,29,33)/b22-17+. The Morgan fingerprint density at radius 2 is 1.73 bits per heavy atom. The van der Waals surface area contributed by atoms with Gasteiger partial charge in [0.15, 0.2) is 0 Å². The van der Waals surface area contributed by atoms with Crippen LogP contribution in [0.2, 0.25) is 0 Å². The fraction of sp³-hybridized carbons (Fsp3) is 0.357. The monoisotopic (exact) mass is 442 g/mol. The van der Waals surface area contributed by atoms with Crippen molar-refractivity contribution in [2.75, 3.05) is 19.6 Å². The van der Waals surface area contributed by atoms with Crippen molar-refractivity contribution in [3.8, 4) is 0 Å². The summed E-state index contributed by atoms with van der Waals surface area (Å²) >= 11 is 0. The predicted molar refractivity (Wildman–Crippen MR) is 134 cm³/mol. The minimum Gasteiger partial charge on any atom is -0.348 e. The number of piperidine rings is 1. The first-order valence-electron chi connectivity index (χ1n) is 11.9. The molecule has 0 unspecified atom stereocenters. The van der Waals surface area contributed by atoms with Crippen LogP contribution in [0.15, 0.2) is 72.4 Å². The minimum atomic E-state index is -0.0407. The van der Waals surface area contributed by atoms with Crippen LogP contribution in [0, 0.1) is 5.92 Å². The summed E-state index contributed by atoms with van der Waals surface area (Å²) in [4.78, 5) is 15.4. The average molecular weight is 443 g/mol. The van der Waals surface area contributed by atoms with Gasteiger partial charge in [-0.2, -0.15) is 5.10 Å². The van der Waals surface area contributed by atoms with Crippen LogP contribution in [-0.4, -0.2) is 40.2 Å². The fourth-order valence-corrected chi connectivity index (χ4v) is 4.60. The SMILES string of the molecule is C/C(=C\c1ccccc1)CN1CCC(Cc2nn(C)cc2C(=O)NCc2ccccc2)CC1. The van der Waals surface area contributed by atoms with Gasteiger partial charge >= 0.3 is 0 Å². The van der Waals surface area contributed by atoms with E-state index in [0.717, 1.165) is 50.2 Å². The molecule has 2 heterocycles. The fourth-order valence-electron chi connectivity index (χ4n) is 4.60. The Bertz CT molecular complexity index is 1060. The number of rotatable bonds is 8. The molecule has 1 aliphatic rings. The number of aromatic nitrogens is 2. The summed E-state index contributed by atoms with van der Waals surface area (Å²) in [6.07, 6.45) is 7.27. The lowest BCUT2D eigenvalue weighted by Crippen LogP contribution is -2.35. The van der Waals surface area contributed by atoms with Crippen molar-refractivity contribution in [2.24, 2.45) is 13.0 Å². The summed E-state index contributed by atoms with van der Waals surface area (Å²) in [5.41, 5.74) is 5.37. The average Bonchev–Trinajstić information content (AvgIpc) is 3.20. The summed E-state index contributed by atoms with van der Waals surface area (Å²) in [5, 5.41) is 7.68. The molecule has 0 atom stereocenters. The highest BCUT2D eigenvalue weighted by atomic mass is 16.1. The molecule has 3 aromatic rings. The van der Waals surface area contributed by atoms with Gasteiger partial charge in [0.25, 0.3) is 5.91 Å². The van der Waals surface area contributed by atoms with Gasteiger partial charge in [-0.25, -0.2) is 0 Å². The molecule has 5 nitrogen and oxygen atoms in total. The number of hydrogen-bond acceptors (Lipinski definition) is 3. The number of carbonyl (C=O) groups excluding carboxylic acids is 1. The number of nitrogens with one attached hydrogen (secondary N) is 1. The third kappa shape index (κ3) is 6.65. The summed E-state index contributed by atoms with van der Waals surface area (Å²) < 4.78 is 1.76. The summed E-state index contributed by atoms with van der Waals surface area (Å²) in [5.74, 6) is 0.524. The zero-order valence-corrected chi connectivity index (χ0v) is 19.7. The number of hydrogen-bond donors (Lipinski definition) is 1. The number of aryl methyl sites for hydroxylation is 1. The van der Waals surface area contributed by atoms with Gasteiger partial charge in [0.1, 0.15) is 0 Å². The summed E-state index contributed by atoms with van der Waals surface area (Å²) in [7, 11) is 1.89. The maximum absolute atomic E-state index is 12.8. The molecule has 4 rings (SSSR count). The highest BCUT2D eigenvalue weighted by molar-refractivity contribution is 5.95. The van der Waals surface area contributed by atoms with Gasteiger partial charge in [-0.15, -0.1) is 0 Å². The summed E-state index contributed by atoms with van der Waals surface area (Å²) in [6, 6.07) is 20.5. The Morgan fingerprint density at radius 1 is 1.06 bits per heavy atom. The van der Waals surface area contributed by atoms with E-state index in [-0.39, 0.29) is 5.91 Å². The van der Waals surface area contributed by atoms with E-state index in [1.165, 1.54) is 11.1 Å². The normalized spacial score (nSPS) is 15.5. The highest BCUT2D eigenvalue weighted by Gasteiger charge is 2.23. The van der Waals surface area contributed by atoms with Crippen molar-refractivity contribution in [3.63, 3.8) is 0 Å². The van der Waals surface area contributed by atoms with E-state index < -0.39 is 0 Å². The van der Waals surface area contributed by atoms with Gasteiger partial charge in [-0.3, -0.25) is 14.4 Å². The zero-order valence-electron chi connectivity index (χ0n) is 19.7. The van der Waals surface area contributed by atoms with Crippen LogP contribution < -0.4 is 5.32 Å². The van der Waals surface area contributed by atoms with Crippen LogP contribution >= 0.6 is 0 Å². The predicted octanol–water partition coefficient (Wildman–Crippen LogP) is 4.71. The number of carbonyl (C=O) groups is 1. The van der Waals surface area contributed by atoms with Gasteiger partial charge in [-0.05, 0) is 56.3 Å². The number of amides is 1. The molecule has 1 aromatic heterocycles. The molecule has 33 heavy (non-hydrogen) atoms. The molecular formula is C28H34N4O. The van der Waals surface area contributed by atoms with E-state index in [1.54, 1.807) is 4.68 Å². The van der Waals surface area contributed by atoms with Crippen LogP contribution in [0.1, 0.15) is 46.9 Å². The minimum absolute atomic E-state index is 0.0407. The second-order valence-corrected chi connectivity index (χ2v) is 9.16. The van der Waals surface area contributed by atoms with E-state index in [0.29, 0.717) is 18.0 Å². The van der Waals surface area contributed by atoms with Crippen LogP contribution in [0.25, 0.3) is 6.08 Å². The van der Waals surface area contributed by atoms with E-state index in [2.05, 4.69) is 58.6 Å². The molecule has 0 bridgehead atoms. The van der Waals surface area contributed by atoms with Crippen LogP contribution in [0.5, 0.6) is 0 Å². The Morgan fingerprint density at radius 3 is 2.42 bits per heavy atom. The first kappa shape index (κ1) is 23.0. The zero-order chi connectivity index (χ0) is 23.0. The molecule has 1 N–H and O–H groups in total. The Kier molecular flexibility index (Phi) is 7.74. The topological polar surface area (TPSA) is 50.2 Å². The van der Waals surface area contributed by atoms with E-state index in [1.807, 2.05) is 43.6 Å². The van der Waals surface area contributed by atoms with Crippen molar-refractivity contribution < 1.29 is 4.79 Å². The quantitative estimate of drug-likeness (QED) is 0.550. The number of nitrogens with zero attached hydrogens (tertiary/aromatic N) is 3. The van der Waals surface area contributed by atoms with Gasteiger partial charge < -0.3 is 5.32 Å². The second kappa shape index (κ2) is 11.1. The highest BCUT2D eigenvalue weighted by Crippen LogP contribution is 2.23. The van der Waals surface area contributed by atoms with E-state index in [4.69, 9.17) is 0 Å². The third-order valence-electron chi connectivity index (χ3n) is 6.32. The van der Waals surface area contributed by atoms with Crippen LogP contribution in [0.4, 0.5) is 0 Å². The molecular weight excluding hydrogens is 408 g/mol. The Labute approximate surface area is 197 Å². The van der Waals surface area contributed by atoms with Crippen molar-refractivity contribution in [1.82, 2.24) is 20.0 Å². The lowest BCUT2D eigenvalue weighted by Gasteiger charge is -2.32. The molecule has 1 aliphatic heterocycles. The lowest BCUT2D eigenvalue weighted by molar-refractivity contribution is 0.0949. The number of likely N-dealkylation sites (tertiary alicyclic amines) is 1. The Balaban J connectivity index is 1.29. The van der Waals surface area contributed by atoms with E-state index >= 15 is 0 Å². The maximum atomic E-state index is 12.8. The Hall–Kier alpha value is -3.18. The molecule has 2 aromatic carbocycles. The maximum Gasteiger partial charge on any atom is 0.255 e. The molecule has 0 spiro atoms. The second-order valence-electron chi connectivity index (χ2n) is 9.16. The number of benzene rings is 2. The first-order valence-corrected chi connectivity index (χ1v) is 11.9.